The summed E-state index contributed by atoms with van der Waals surface area (Å²) in [5.41, 5.74) is 2.30. The van der Waals surface area contributed by atoms with Gasteiger partial charge in [0.25, 0.3) is 0 Å². The molecule has 142 valence electrons. The molecule has 1 unspecified atom stereocenters. The summed E-state index contributed by atoms with van der Waals surface area (Å²) in [5, 5.41) is 3.04. The molecule has 0 bridgehead atoms. The molecule has 2 fully saturated rings. The predicted octanol–water partition coefficient (Wildman–Crippen LogP) is 3.17. The Labute approximate surface area is 156 Å². The lowest BCUT2D eigenvalue weighted by molar-refractivity contribution is -0.133. The van der Waals surface area contributed by atoms with Crippen LogP contribution in [0, 0.1) is 18.8 Å². The van der Waals surface area contributed by atoms with Gasteiger partial charge in [-0.1, -0.05) is 38.1 Å². The molecule has 0 aromatic heterocycles. The first-order valence-electron chi connectivity index (χ1n) is 9.82. The first-order valence-corrected chi connectivity index (χ1v) is 9.82. The highest BCUT2D eigenvalue weighted by molar-refractivity contribution is 5.80. The number of aryl methyl sites for hydroxylation is 1. The molecule has 0 radical (unpaired) electrons. The monoisotopic (exact) mass is 357 g/mol. The van der Waals surface area contributed by atoms with Crippen LogP contribution in [0.4, 0.5) is 4.79 Å². The second kappa shape index (κ2) is 8.11. The zero-order valence-electron chi connectivity index (χ0n) is 16.2. The average Bonchev–Trinajstić information content (AvgIpc) is 3.43. The minimum Gasteiger partial charge on any atom is -0.337 e. The van der Waals surface area contributed by atoms with Gasteiger partial charge in [-0.05, 0) is 42.7 Å². The van der Waals surface area contributed by atoms with Crippen molar-refractivity contribution in [3.63, 3.8) is 0 Å². The first-order chi connectivity index (χ1) is 12.5. The maximum atomic E-state index is 12.7. The standard InChI is InChI=1S/C21H31N3O2/c1-15(2)19-14-23(11-10-20(25)24(19)13-17-8-9-17)21(26)22-12-18-7-5-4-6-16(18)3/h4-7,15,17,19H,8-14H2,1-3H3,(H,22,26). The molecule has 5 heteroatoms. The Hall–Kier alpha value is -2.04. The van der Waals surface area contributed by atoms with Crippen molar-refractivity contribution < 1.29 is 9.59 Å². The second-order valence-electron chi connectivity index (χ2n) is 8.08. The second-order valence-corrected chi connectivity index (χ2v) is 8.08. The van der Waals surface area contributed by atoms with Crippen LogP contribution in [0.25, 0.3) is 0 Å². The summed E-state index contributed by atoms with van der Waals surface area (Å²) in [7, 11) is 0. The molecule has 3 amide bonds. The highest BCUT2D eigenvalue weighted by Crippen LogP contribution is 2.32. The Morgan fingerprint density at radius 2 is 2.00 bits per heavy atom. The quantitative estimate of drug-likeness (QED) is 0.880. The number of carbonyl (C=O) groups excluding carboxylic acids is 2. The van der Waals surface area contributed by atoms with Gasteiger partial charge in [0.05, 0.1) is 6.04 Å². The summed E-state index contributed by atoms with van der Waals surface area (Å²) >= 11 is 0. The van der Waals surface area contributed by atoms with Gasteiger partial charge >= 0.3 is 6.03 Å². The molecule has 1 saturated carbocycles. The van der Waals surface area contributed by atoms with Crippen molar-refractivity contribution in [2.24, 2.45) is 11.8 Å². The zero-order valence-corrected chi connectivity index (χ0v) is 16.2. The maximum absolute atomic E-state index is 12.7. The molecule has 1 aliphatic carbocycles. The van der Waals surface area contributed by atoms with Crippen LogP contribution in [0.15, 0.2) is 24.3 Å². The SMILES string of the molecule is Cc1ccccc1CNC(=O)N1CCC(=O)N(CC2CC2)C(C(C)C)C1. The molecular weight excluding hydrogens is 326 g/mol. The van der Waals surface area contributed by atoms with Gasteiger partial charge in [-0.15, -0.1) is 0 Å². The number of rotatable bonds is 5. The van der Waals surface area contributed by atoms with Gasteiger partial charge in [0, 0.05) is 32.6 Å². The van der Waals surface area contributed by atoms with Crippen LogP contribution in [-0.2, 0) is 11.3 Å². The fourth-order valence-corrected chi connectivity index (χ4v) is 3.64. The molecule has 1 saturated heterocycles. The van der Waals surface area contributed by atoms with Crippen LogP contribution in [0.5, 0.6) is 0 Å². The topological polar surface area (TPSA) is 52.7 Å². The lowest BCUT2D eigenvalue weighted by Crippen LogP contribution is -2.49. The minimum atomic E-state index is -0.0695. The van der Waals surface area contributed by atoms with E-state index in [9.17, 15) is 9.59 Å². The highest BCUT2D eigenvalue weighted by atomic mass is 16.2. The molecule has 0 spiro atoms. The van der Waals surface area contributed by atoms with Crippen molar-refractivity contribution in [2.75, 3.05) is 19.6 Å². The number of hydrogen-bond acceptors (Lipinski definition) is 2. The first kappa shape index (κ1) is 18.7. The van der Waals surface area contributed by atoms with E-state index in [0.29, 0.717) is 37.9 Å². The van der Waals surface area contributed by atoms with Gasteiger partial charge in [0.1, 0.15) is 0 Å². The van der Waals surface area contributed by atoms with Gasteiger partial charge < -0.3 is 15.1 Å². The molecule has 5 nitrogen and oxygen atoms in total. The van der Waals surface area contributed by atoms with Crippen LogP contribution in [0.2, 0.25) is 0 Å². The van der Waals surface area contributed by atoms with Crippen LogP contribution in [-0.4, -0.2) is 47.4 Å². The largest absolute Gasteiger partial charge is 0.337 e. The van der Waals surface area contributed by atoms with Crippen LogP contribution in [0.1, 0.15) is 44.2 Å². The Morgan fingerprint density at radius 1 is 1.27 bits per heavy atom. The van der Waals surface area contributed by atoms with E-state index >= 15 is 0 Å². The average molecular weight is 357 g/mol. The molecule has 26 heavy (non-hydrogen) atoms. The summed E-state index contributed by atoms with van der Waals surface area (Å²) in [5.74, 6) is 1.20. The number of benzene rings is 1. The van der Waals surface area contributed by atoms with Crippen molar-refractivity contribution in [2.45, 2.75) is 52.6 Å². The normalized spacial score (nSPS) is 21.1. The van der Waals surface area contributed by atoms with E-state index in [4.69, 9.17) is 0 Å². The van der Waals surface area contributed by atoms with Crippen LogP contribution >= 0.6 is 0 Å². The van der Waals surface area contributed by atoms with E-state index < -0.39 is 0 Å². The lowest BCUT2D eigenvalue weighted by atomic mass is 10.0. The van der Waals surface area contributed by atoms with Crippen LogP contribution < -0.4 is 5.32 Å². The van der Waals surface area contributed by atoms with Gasteiger partial charge in [-0.25, -0.2) is 4.79 Å². The third kappa shape index (κ3) is 4.57. The maximum Gasteiger partial charge on any atom is 0.317 e. The summed E-state index contributed by atoms with van der Waals surface area (Å²) in [6, 6.07) is 8.12. The lowest BCUT2D eigenvalue weighted by Gasteiger charge is -2.34. The number of carbonyl (C=O) groups is 2. The number of hydrogen-bond donors (Lipinski definition) is 1. The fraction of sp³-hybridized carbons (Fsp3) is 0.619. The molecular formula is C21H31N3O2. The van der Waals surface area contributed by atoms with Crippen molar-refractivity contribution in [3.05, 3.63) is 35.4 Å². The Bertz CT molecular complexity index is 654. The number of amides is 3. The van der Waals surface area contributed by atoms with Crippen molar-refractivity contribution >= 4 is 11.9 Å². The summed E-state index contributed by atoms with van der Waals surface area (Å²) in [6.07, 6.45) is 2.89. The Kier molecular flexibility index (Phi) is 5.84. The number of urea groups is 1. The molecule has 3 rings (SSSR count). The van der Waals surface area contributed by atoms with E-state index in [1.165, 1.54) is 18.4 Å². The van der Waals surface area contributed by atoms with Gasteiger partial charge in [-0.3, -0.25) is 4.79 Å². The van der Waals surface area contributed by atoms with Gasteiger partial charge in [0.2, 0.25) is 5.91 Å². The van der Waals surface area contributed by atoms with Crippen molar-refractivity contribution in [3.8, 4) is 0 Å². The van der Waals surface area contributed by atoms with E-state index in [1.807, 2.05) is 23.1 Å². The fourth-order valence-electron chi connectivity index (χ4n) is 3.64. The van der Waals surface area contributed by atoms with Crippen molar-refractivity contribution in [1.82, 2.24) is 15.1 Å². The van der Waals surface area contributed by atoms with Crippen LogP contribution in [0.3, 0.4) is 0 Å². The zero-order chi connectivity index (χ0) is 18.7. The third-order valence-corrected chi connectivity index (χ3v) is 5.62. The Morgan fingerprint density at radius 3 is 2.65 bits per heavy atom. The number of nitrogens with one attached hydrogen (secondary N) is 1. The van der Waals surface area contributed by atoms with Gasteiger partial charge in [0.15, 0.2) is 0 Å². The molecule has 1 aliphatic heterocycles. The molecule has 1 aromatic rings. The predicted molar refractivity (Wildman–Crippen MR) is 103 cm³/mol. The number of nitrogens with zero attached hydrogens (tertiary/aromatic N) is 2. The van der Waals surface area contributed by atoms with E-state index in [-0.39, 0.29) is 18.0 Å². The summed E-state index contributed by atoms with van der Waals surface area (Å²) in [6.45, 7) is 8.85. The van der Waals surface area contributed by atoms with E-state index in [2.05, 4.69) is 37.1 Å². The molecule has 1 heterocycles. The van der Waals surface area contributed by atoms with Gasteiger partial charge in [-0.2, -0.15) is 0 Å². The molecule has 1 atom stereocenters. The molecule has 1 N–H and O–H groups in total. The summed E-state index contributed by atoms with van der Waals surface area (Å²) in [4.78, 5) is 29.3. The Balaban J connectivity index is 1.64. The van der Waals surface area contributed by atoms with E-state index in [1.54, 1.807) is 0 Å². The molecule has 1 aromatic carbocycles. The minimum absolute atomic E-state index is 0.0695. The smallest absolute Gasteiger partial charge is 0.317 e. The third-order valence-electron chi connectivity index (χ3n) is 5.62. The summed E-state index contributed by atoms with van der Waals surface area (Å²) < 4.78 is 0. The molecule has 2 aliphatic rings. The van der Waals surface area contributed by atoms with E-state index in [0.717, 1.165) is 12.1 Å². The highest BCUT2D eigenvalue weighted by Gasteiger charge is 2.36. The van der Waals surface area contributed by atoms with Crippen molar-refractivity contribution in [1.29, 1.82) is 0 Å².